The SMILES string of the molecule is COc1cc(Br)cc(NC(=O)C(C)(C)O)c1. The molecule has 0 fully saturated rings. The summed E-state index contributed by atoms with van der Waals surface area (Å²) in [6, 6.07) is 5.18. The van der Waals surface area contributed by atoms with Crippen LogP contribution in [0.2, 0.25) is 0 Å². The fourth-order valence-electron chi connectivity index (χ4n) is 1.04. The standard InChI is InChI=1S/C11H14BrNO3/c1-11(2,15)10(14)13-8-4-7(12)5-9(6-8)16-3/h4-6,15H,1-3H3,(H,13,14). The van der Waals surface area contributed by atoms with Gasteiger partial charge in [-0.2, -0.15) is 0 Å². The minimum Gasteiger partial charge on any atom is -0.497 e. The second-order valence-electron chi connectivity index (χ2n) is 3.89. The van der Waals surface area contributed by atoms with Gasteiger partial charge in [0.05, 0.1) is 7.11 Å². The summed E-state index contributed by atoms with van der Waals surface area (Å²) in [4.78, 5) is 11.5. The summed E-state index contributed by atoms with van der Waals surface area (Å²) in [7, 11) is 1.54. The van der Waals surface area contributed by atoms with Crippen LogP contribution in [-0.4, -0.2) is 23.7 Å². The van der Waals surface area contributed by atoms with Crippen molar-refractivity contribution in [2.45, 2.75) is 19.4 Å². The van der Waals surface area contributed by atoms with E-state index in [1.165, 1.54) is 13.8 Å². The second kappa shape index (κ2) is 4.84. The van der Waals surface area contributed by atoms with Crippen LogP contribution in [0.15, 0.2) is 22.7 Å². The molecule has 1 rings (SSSR count). The molecule has 1 aromatic rings. The van der Waals surface area contributed by atoms with Crippen molar-refractivity contribution in [1.29, 1.82) is 0 Å². The van der Waals surface area contributed by atoms with Gasteiger partial charge in [-0.15, -0.1) is 0 Å². The molecule has 16 heavy (non-hydrogen) atoms. The second-order valence-corrected chi connectivity index (χ2v) is 4.81. The Bertz CT molecular complexity index is 399. The Morgan fingerprint density at radius 1 is 1.44 bits per heavy atom. The Balaban J connectivity index is 2.89. The van der Waals surface area contributed by atoms with E-state index in [-0.39, 0.29) is 0 Å². The number of hydrogen-bond donors (Lipinski definition) is 2. The average molecular weight is 288 g/mol. The minimum atomic E-state index is -1.41. The van der Waals surface area contributed by atoms with Gasteiger partial charge in [0.1, 0.15) is 11.4 Å². The number of hydrogen-bond acceptors (Lipinski definition) is 3. The number of benzene rings is 1. The smallest absolute Gasteiger partial charge is 0.255 e. The van der Waals surface area contributed by atoms with E-state index in [1.54, 1.807) is 25.3 Å². The van der Waals surface area contributed by atoms with Crippen molar-refractivity contribution in [2.75, 3.05) is 12.4 Å². The Morgan fingerprint density at radius 2 is 2.06 bits per heavy atom. The quantitative estimate of drug-likeness (QED) is 0.896. The number of methoxy groups -OCH3 is 1. The molecule has 5 heteroatoms. The van der Waals surface area contributed by atoms with Crippen LogP contribution in [0.4, 0.5) is 5.69 Å². The maximum atomic E-state index is 11.5. The maximum Gasteiger partial charge on any atom is 0.255 e. The average Bonchev–Trinajstić information content (AvgIpc) is 2.15. The molecule has 0 spiro atoms. The first-order valence-electron chi connectivity index (χ1n) is 4.71. The molecule has 2 N–H and O–H groups in total. The zero-order valence-corrected chi connectivity index (χ0v) is 11.0. The first-order valence-corrected chi connectivity index (χ1v) is 5.50. The van der Waals surface area contributed by atoms with Crippen molar-refractivity contribution in [2.24, 2.45) is 0 Å². The van der Waals surface area contributed by atoms with Gasteiger partial charge >= 0.3 is 0 Å². The van der Waals surface area contributed by atoms with Gasteiger partial charge < -0.3 is 15.2 Å². The molecule has 0 aliphatic rings. The number of carbonyl (C=O) groups is 1. The van der Waals surface area contributed by atoms with Gasteiger partial charge in [-0.05, 0) is 26.0 Å². The van der Waals surface area contributed by atoms with Crippen LogP contribution in [0, 0.1) is 0 Å². The summed E-state index contributed by atoms with van der Waals surface area (Å²) in [6.07, 6.45) is 0. The van der Waals surface area contributed by atoms with E-state index in [9.17, 15) is 9.90 Å². The van der Waals surface area contributed by atoms with Crippen LogP contribution in [0.5, 0.6) is 5.75 Å². The van der Waals surface area contributed by atoms with Crippen molar-refractivity contribution in [3.8, 4) is 5.75 Å². The molecule has 0 aromatic heterocycles. The highest BCUT2D eigenvalue weighted by Crippen LogP contribution is 2.25. The lowest BCUT2D eigenvalue weighted by molar-refractivity contribution is -0.130. The van der Waals surface area contributed by atoms with Gasteiger partial charge in [0, 0.05) is 16.2 Å². The van der Waals surface area contributed by atoms with Gasteiger partial charge in [-0.3, -0.25) is 4.79 Å². The summed E-state index contributed by atoms with van der Waals surface area (Å²) in [5.74, 6) is 0.160. The molecule has 0 saturated carbocycles. The van der Waals surface area contributed by atoms with Crippen molar-refractivity contribution < 1.29 is 14.6 Å². The zero-order chi connectivity index (χ0) is 12.3. The van der Waals surface area contributed by atoms with E-state index in [0.717, 1.165) is 4.47 Å². The number of nitrogens with one attached hydrogen (secondary N) is 1. The van der Waals surface area contributed by atoms with Crippen LogP contribution in [-0.2, 0) is 4.79 Å². The molecule has 0 unspecified atom stereocenters. The van der Waals surface area contributed by atoms with Crippen molar-refractivity contribution in [3.63, 3.8) is 0 Å². The molecule has 4 nitrogen and oxygen atoms in total. The molecule has 1 amide bonds. The van der Waals surface area contributed by atoms with E-state index in [0.29, 0.717) is 11.4 Å². The highest BCUT2D eigenvalue weighted by Gasteiger charge is 2.23. The van der Waals surface area contributed by atoms with E-state index >= 15 is 0 Å². The minimum absolute atomic E-state index is 0.465. The van der Waals surface area contributed by atoms with Gasteiger partial charge in [0.2, 0.25) is 0 Å². The molecular weight excluding hydrogens is 274 g/mol. The van der Waals surface area contributed by atoms with Crippen LogP contribution in [0.25, 0.3) is 0 Å². The topological polar surface area (TPSA) is 58.6 Å². The Kier molecular flexibility index (Phi) is 3.93. The van der Waals surface area contributed by atoms with Crippen LogP contribution >= 0.6 is 15.9 Å². The molecule has 0 heterocycles. The van der Waals surface area contributed by atoms with Crippen LogP contribution < -0.4 is 10.1 Å². The fraction of sp³-hybridized carbons (Fsp3) is 0.364. The lowest BCUT2D eigenvalue weighted by Crippen LogP contribution is -2.36. The normalized spacial score (nSPS) is 11.1. The van der Waals surface area contributed by atoms with Gasteiger partial charge in [-0.25, -0.2) is 0 Å². The van der Waals surface area contributed by atoms with E-state index in [2.05, 4.69) is 21.2 Å². The van der Waals surface area contributed by atoms with Gasteiger partial charge in [0.15, 0.2) is 0 Å². The predicted molar refractivity (Wildman–Crippen MR) is 65.6 cm³/mol. The number of anilines is 1. The predicted octanol–water partition coefficient (Wildman–Crippen LogP) is 2.17. The summed E-state index contributed by atoms with van der Waals surface area (Å²) < 4.78 is 5.85. The summed E-state index contributed by atoms with van der Waals surface area (Å²) in [5.41, 5.74) is -0.839. The molecule has 0 radical (unpaired) electrons. The molecule has 88 valence electrons. The number of amides is 1. The number of halogens is 1. The van der Waals surface area contributed by atoms with E-state index in [4.69, 9.17) is 4.74 Å². The Morgan fingerprint density at radius 3 is 2.56 bits per heavy atom. The third-order valence-electron chi connectivity index (χ3n) is 1.92. The number of aliphatic hydroxyl groups is 1. The van der Waals surface area contributed by atoms with Crippen LogP contribution in [0.3, 0.4) is 0 Å². The largest absolute Gasteiger partial charge is 0.497 e. The molecule has 0 aliphatic carbocycles. The summed E-state index contributed by atoms with van der Waals surface area (Å²) in [5, 5.41) is 12.1. The Labute approximate surface area is 103 Å². The van der Waals surface area contributed by atoms with E-state index in [1.807, 2.05) is 0 Å². The van der Waals surface area contributed by atoms with E-state index < -0.39 is 11.5 Å². The first kappa shape index (κ1) is 13.0. The maximum absolute atomic E-state index is 11.5. The summed E-state index contributed by atoms with van der Waals surface area (Å²) >= 11 is 3.30. The molecule has 0 atom stereocenters. The number of carbonyl (C=O) groups excluding carboxylic acids is 1. The fourth-order valence-corrected chi connectivity index (χ4v) is 1.51. The monoisotopic (exact) mass is 287 g/mol. The third kappa shape index (κ3) is 3.50. The van der Waals surface area contributed by atoms with Gasteiger partial charge in [-0.1, -0.05) is 15.9 Å². The Hall–Kier alpha value is -1.07. The first-order chi connectivity index (χ1) is 7.32. The molecule has 0 aliphatic heterocycles. The molecule has 0 bridgehead atoms. The number of rotatable bonds is 3. The van der Waals surface area contributed by atoms with Crippen LogP contribution in [0.1, 0.15) is 13.8 Å². The van der Waals surface area contributed by atoms with Crippen molar-refractivity contribution >= 4 is 27.5 Å². The molecule has 1 aromatic carbocycles. The third-order valence-corrected chi connectivity index (χ3v) is 2.38. The highest BCUT2D eigenvalue weighted by atomic mass is 79.9. The highest BCUT2D eigenvalue weighted by molar-refractivity contribution is 9.10. The number of ether oxygens (including phenoxy) is 1. The molecular formula is C11H14BrNO3. The van der Waals surface area contributed by atoms with Crippen molar-refractivity contribution in [3.05, 3.63) is 22.7 Å². The zero-order valence-electron chi connectivity index (χ0n) is 9.37. The molecule has 0 saturated heterocycles. The lowest BCUT2D eigenvalue weighted by atomic mass is 10.1. The summed E-state index contributed by atoms with van der Waals surface area (Å²) in [6.45, 7) is 2.86. The lowest BCUT2D eigenvalue weighted by Gasteiger charge is -2.17. The van der Waals surface area contributed by atoms with Crippen molar-refractivity contribution in [1.82, 2.24) is 0 Å². The van der Waals surface area contributed by atoms with Gasteiger partial charge in [0.25, 0.3) is 5.91 Å².